The summed E-state index contributed by atoms with van der Waals surface area (Å²) < 4.78 is 5.77. The van der Waals surface area contributed by atoms with Crippen LogP contribution < -0.4 is 4.74 Å². The highest BCUT2D eigenvalue weighted by Gasteiger charge is 2.24. The van der Waals surface area contributed by atoms with Crippen molar-refractivity contribution in [3.8, 4) is 5.88 Å². The third-order valence-electron chi connectivity index (χ3n) is 3.30. The summed E-state index contributed by atoms with van der Waals surface area (Å²) >= 11 is 0. The largest absolute Gasteiger partial charge is 0.471 e. The highest BCUT2D eigenvalue weighted by atomic mass is 16.5. The summed E-state index contributed by atoms with van der Waals surface area (Å²) in [6, 6.07) is 0. The Morgan fingerprint density at radius 1 is 1.53 bits per heavy atom. The summed E-state index contributed by atoms with van der Waals surface area (Å²) in [7, 11) is 0. The van der Waals surface area contributed by atoms with Gasteiger partial charge in [-0.2, -0.15) is 0 Å². The molecule has 2 heterocycles. The maximum absolute atomic E-state index is 12.0. The molecule has 0 bridgehead atoms. The van der Waals surface area contributed by atoms with E-state index in [0.717, 1.165) is 32.2 Å². The number of rotatable bonds is 5. The van der Waals surface area contributed by atoms with Crippen molar-refractivity contribution in [1.29, 1.82) is 0 Å². The SMILES string of the molecule is CCCCC(=O)N1CCCC(Oc2cnccn2)C1. The third-order valence-corrected chi connectivity index (χ3v) is 3.30. The molecule has 2 rings (SSSR count). The molecule has 1 atom stereocenters. The van der Waals surface area contributed by atoms with Crippen molar-refractivity contribution in [1.82, 2.24) is 14.9 Å². The Balaban J connectivity index is 1.85. The molecule has 0 saturated carbocycles. The van der Waals surface area contributed by atoms with Crippen LogP contribution >= 0.6 is 0 Å². The molecule has 1 amide bonds. The van der Waals surface area contributed by atoms with Crippen molar-refractivity contribution in [2.75, 3.05) is 13.1 Å². The molecule has 1 aromatic rings. The molecule has 1 unspecified atom stereocenters. The fraction of sp³-hybridized carbons (Fsp3) is 0.643. The number of nitrogens with zero attached hydrogens (tertiary/aromatic N) is 3. The number of hydrogen-bond donors (Lipinski definition) is 0. The van der Waals surface area contributed by atoms with Gasteiger partial charge >= 0.3 is 0 Å². The maximum Gasteiger partial charge on any atom is 0.232 e. The first kappa shape index (κ1) is 13.8. The van der Waals surface area contributed by atoms with Crippen molar-refractivity contribution >= 4 is 5.91 Å². The number of ether oxygens (including phenoxy) is 1. The molecule has 0 spiro atoms. The van der Waals surface area contributed by atoms with Gasteiger partial charge in [-0.25, -0.2) is 4.98 Å². The summed E-state index contributed by atoms with van der Waals surface area (Å²) in [5.74, 6) is 0.782. The first-order valence-corrected chi connectivity index (χ1v) is 7.00. The van der Waals surface area contributed by atoms with E-state index in [0.29, 0.717) is 18.8 Å². The molecule has 5 heteroatoms. The van der Waals surface area contributed by atoms with E-state index in [4.69, 9.17) is 4.74 Å². The normalized spacial score (nSPS) is 19.2. The van der Waals surface area contributed by atoms with Crippen LogP contribution in [0.4, 0.5) is 0 Å². The summed E-state index contributed by atoms with van der Waals surface area (Å²) in [6.07, 6.45) is 9.50. The lowest BCUT2D eigenvalue weighted by Gasteiger charge is -2.32. The van der Waals surface area contributed by atoms with Crippen molar-refractivity contribution in [2.24, 2.45) is 0 Å². The van der Waals surface area contributed by atoms with E-state index >= 15 is 0 Å². The molecule has 1 aliphatic rings. The van der Waals surface area contributed by atoms with Gasteiger partial charge in [0, 0.05) is 25.4 Å². The summed E-state index contributed by atoms with van der Waals surface area (Å²) in [4.78, 5) is 22.0. The lowest BCUT2D eigenvalue weighted by Crippen LogP contribution is -2.44. The van der Waals surface area contributed by atoms with Crippen LogP contribution in [0.1, 0.15) is 39.0 Å². The molecule has 5 nitrogen and oxygen atoms in total. The van der Waals surface area contributed by atoms with Crippen LogP contribution in [0.3, 0.4) is 0 Å². The van der Waals surface area contributed by atoms with Gasteiger partial charge in [-0.1, -0.05) is 13.3 Å². The quantitative estimate of drug-likeness (QED) is 0.815. The molecule has 19 heavy (non-hydrogen) atoms. The Labute approximate surface area is 114 Å². The Kier molecular flexibility index (Phi) is 5.12. The predicted molar refractivity (Wildman–Crippen MR) is 71.8 cm³/mol. The van der Waals surface area contributed by atoms with E-state index in [2.05, 4.69) is 16.9 Å². The first-order chi connectivity index (χ1) is 9.29. The fourth-order valence-corrected chi connectivity index (χ4v) is 2.26. The smallest absolute Gasteiger partial charge is 0.232 e. The second-order valence-corrected chi connectivity index (χ2v) is 4.87. The Bertz CT molecular complexity index is 397. The summed E-state index contributed by atoms with van der Waals surface area (Å²) in [5.41, 5.74) is 0. The van der Waals surface area contributed by atoms with Crippen LogP contribution in [0.25, 0.3) is 0 Å². The van der Waals surface area contributed by atoms with E-state index < -0.39 is 0 Å². The van der Waals surface area contributed by atoms with Crippen LogP contribution in [0, 0.1) is 0 Å². The minimum atomic E-state index is 0.0380. The number of aromatic nitrogens is 2. The van der Waals surface area contributed by atoms with Crippen molar-refractivity contribution in [2.45, 2.75) is 45.1 Å². The van der Waals surface area contributed by atoms with Gasteiger partial charge < -0.3 is 9.64 Å². The molecule has 1 fully saturated rings. The average molecular weight is 263 g/mol. The number of hydrogen-bond acceptors (Lipinski definition) is 4. The highest BCUT2D eigenvalue weighted by molar-refractivity contribution is 5.76. The van der Waals surface area contributed by atoms with Crippen LogP contribution in [-0.4, -0.2) is 40.0 Å². The monoisotopic (exact) mass is 263 g/mol. The van der Waals surface area contributed by atoms with Crippen LogP contribution in [0.2, 0.25) is 0 Å². The number of unbranched alkanes of at least 4 members (excludes halogenated alkanes) is 1. The molecular weight excluding hydrogens is 242 g/mol. The second kappa shape index (κ2) is 7.07. The predicted octanol–water partition coefficient (Wildman–Crippen LogP) is 2.04. The molecule has 0 N–H and O–H groups in total. The van der Waals surface area contributed by atoms with Crippen molar-refractivity contribution in [3.05, 3.63) is 18.6 Å². The minimum absolute atomic E-state index is 0.0380. The molecule has 104 valence electrons. The molecule has 0 aliphatic carbocycles. The van der Waals surface area contributed by atoms with Gasteiger partial charge in [0.2, 0.25) is 11.8 Å². The second-order valence-electron chi connectivity index (χ2n) is 4.87. The van der Waals surface area contributed by atoms with Crippen LogP contribution in [-0.2, 0) is 4.79 Å². The topological polar surface area (TPSA) is 55.3 Å². The Morgan fingerprint density at radius 2 is 2.42 bits per heavy atom. The average Bonchev–Trinajstić information content (AvgIpc) is 2.46. The Hall–Kier alpha value is -1.65. The highest BCUT2D eigenvalue weighted by Crippen LogP contribution is 2.17. The third kappa shape index (κ3) is 4.19. The van der Waals surface area contributed by atoms with Gasteiger partial charge in [0.15, 0.2) is 0 Å². The zero-order chi connectivity index (χ0) is 13.5. The number of piperidine rings is 1. The summed E-state index contributed by atoms with van der Waals surface area (Å²) in [6.45, 7) is 3.62. The van der Waals surface area contributed by atoms with E-state index in [9.17, 15) is 4.79 Å². The van der Waals surface area contributed by atoms with Crippen molar-refractivity contribution in [3.63, 3.8) is 0 Å². The van der Waals surface area contributed by atoms with Crippen LogP contribution in [0.5, 0.6) is 5.88 Å². The number of likely N-dealkylation sites (tertiary alicyclic amines) is 1. The molecule has 1 saturated heterocycles. The minimum Gasteiger partial charge on any atom is -0.471 e. The number of carbonyl (C=O) groups is 1. The van der Waals surface area contributed by atoms with Gasteiger partial charge in [-0.15, -0.1) is 0 Å². The molecule has 0 aromatic carbocycles. The zero-order valence-electron chi connectivity index (χ0n) is 11.4. The van der Waals surface area contributed by atoms with Gasteiger partial charge in [0.25, 0.3) is 0 Å². The van der Waals surface area contributed by atoms with E-state index in [1.54, 1.807) is 18.6 Å². The summed E-state index contributed by atoms with van der Waals surface area (Å²) in [5, 5.41) is 0. The van der Waals surface area contributed by atoms with Crippen LogP contribution in [0.15, 0.2) is 18.6 Å². The lowest BCUT2D eigenvalue weighted by atomic mass is 10.1. The van der Waals surface area contributed by atoms with E-state index in [-0.39, 0.29) is 12.0 Å². The van der Waals surface area contributed by atoms with Crippen molar-refractivity contribution < 1.29 is 9.53 Å². The molecule has 0 radical (unpaired) electrons. The Morgan fingerprint density at radius 3 is 3.16 bits per heavy atom. The maximum atomic E-state index is 12.0. The van der Waals surface area contributed by atoms with Gasteiger partial charge in [-0.3, -0.25) is 9.78 Å². The standard InChI is InChI=1S/C14H21N3O2/c1-2-3-6-14(18)17-9-4-5-12(11-17)19-13-10-15-7-8-16-13/h7-8,10,12H,2-6,9,11H2,1H3. The zero-order valence-corrected chi connectivity index (χ0v) is 11.4. The van der Waals surface area contributed by atoms with E-state index in [1.165, 1.54) is 0 Å². The first-order valence-electron chi connectivity index (χ1n) is 7.00. The molecular formula is C14H21N3O2. The van der Waals surface area contributed by atoms with Gasteiger partial charge in [-0.05, 0) is 19.3 Å². The molecule has 1 aromatic heterocycles. The van der Waals surface area contributed by atoms with Gasteiger partial charge in [0.1, 0.15) is 6.10 Å². The van der Waals surface area contributed by atoms with Gasteiger partial charge in [0.05, 0.1) is 12.7 Å². The fourth-order valence-electron chi connectivity index (χ4n) is 2.26. The number of carbonyl (C=O) groups excluding carboxylic acids is 1. The lowest BCUT2D eigenvalue weighted by molar-refractivity contribution is -0.134. The van der Waals surface area contributed by atoms with E-state index in [1.807, 2.05) is 4.90 Å². The molecule has 1 aliphatic heterocycles. The number of amides is 1.